The van der Waals surface area contributed by atoms with Crippen molar-refractivity contribution in [3.63, 3.8) is 0 Å². The Hall–Kier alpha value is -0.530. The van der Waals surface area contributed by atoms with Gasteiger partial charge in [0.05, 0.1) is 12.2 Å². The van der Waals surface area contributed by atoms with Crippen molar-refractivity contribution in [3.05, 3.63) is 33.8 Å². The number of aryl methyl sites for hydroxylation is 2. The number of rotatable bonds is 3. The lowest BCUT2D eigenvalue weighted by Gasteiger charge is -2.14. The topological polar surface area (TPSA) is 12.5 Å². The van der Waals surface area contributed by atoms with E-state index in [0.29, 0.717) is 18.1 Å². The summed E-state index contributed by atoms with van der Waals surface area (Å²) < 4.78 is 5.46. The van der Waals surface area contributed by atoms with Crippen LogP contribution in [0.1, 0.15) is 42.9 Å². The van der Waals surface area contributed by atoms with Crippen LogP contribution in [0.2, 0.25) is 5.02 Å². The van der Waals surface area contributed by atoms with Gasteiger partial charge in [-0.3, -0.25) is 0 Å². The van der Waals surface area contributed by atoms with Gasteiger partial charge in [-0.05, 0) is 55.9 Å². The predicted molar refractivity (Wildman–Crippen MR) is 68.3 cm³/mol. The predicted octanol–water partition coefficient (Wildman–Crippen LogP) is 4.24. The van der Waals surface area contributed by atoms with Gasteiger partial charge < -0.3 is 4.74 Å². The highest BCUT2D eigenvalue weighted by molar-refractivity contribution is 6.31. The molecule has 3 unspecified atom stereocenters. The van der Waals surface area contributed by atoms with Gasteiger partial charge in [0, 0.05) is 5.02 Å². The molecule has 0 amide bonds. The van der Waals surface area contributed by atoms with Crippen LogP contribution < -0.4 is 0 Å². The molecule has 0 radical (unpaired) electrons. The first-order chi connectivity index (χ1) is 7.49. The Labute approximate surface area is 103 Å². The van der Waals surface area contributed by atoms with E-state index in [1.165, 1.54) is 16.7 Å². The fourth-order valence-corrected chi connectivity index (χ4v) is 2.54. The van der Waals surface area contributed by atoms with E-state index in [-0.39, 0.29) is 0 Å². The van der Waals surface area contributed by atoms with Crippen molar-refractivity contribution < 1.29 is 4.74 Å². The number of hydrogen-bond acceptors (Lipinski definition) is 1. The number of benzene rings is 1. The molecule has 2 rings (SSSR count). The highest BCUT2D eigenvalue weighted by Crippen LogP contribution is 2.35. The molecular weight excluding hydrogens is 220 g/mol. The minimum Gasteiger partial charge on any atom is -0.370 e. The second-order valence-electron chi connectivity index (χ2n) is 4.97. The summed E-state index contributed by atoms with van der Waals surface area (Å²) in [6.07, 6.45) is 1.95. The van der Waals surface area contributed by atoms with E-state index in [1.54, 1.807) is 0 Å². The molecule has 0 bridgehead atoms. The third-order valence-electron chi connectivity index (χ3n) is 3.57. The summed E-state index contributed by atoms with van der Waals surface area (Å²) in [6, 6.07) is 4.29. The molecule has 1 aliphatic rings. The third kappa shape index (κ3) is 2.41. The van der Waals surface area contributed by atoms with E-state index in [1.807, 2.05) is 0 Å². The molecule has 0 N–H and O–H groups in total. The third-order valence-corrected chi connectivity index (χ3v) is 3.89. The average molecular weight is 239 g/mol. The lowest BCUT2D eigenvalue weighted by molar-refractivity contribution is 0.362. The fourth-order valence-electron chi connectivity index (χ4n) is 2.13. The molecule has 1 saturated heterocycles. The van der Waals surface area contributed by atoms with Crippen LogP contribution >= 0.6 is 11.6 Å². The molecule has 0 saturated carbocycles. The van der Waals surface area contributed by atoms with Crippen LogP contribution in [0.5, 0.6) is 0 Å². The van der Waals surface area contributed by atoms with Crippen molar-refractivity contribution in [1.29, 1.82) is 0 Å². The SMILES string of the molecule is Cc1cc(Cl)c(C(C)CC2OC2C)cc1C. The Morgan fingerprint density at radius 3 is 2.44 bits per heavy atom. The maximum atomic E-state index is 6.30. The number of ether oxygens (including phenoxy) is 1. The Morgan fingerprint density at radius 2 is 1.88 bits per heavy atom. The largest absolute Gasteiger partial charge is 0.370 e. The number of epoxide rings is 1. The molecule has 1 fully saturated rings. The Bertz CT molecular complexity index is 400. The summed E-state index contributed by atoms with van der Waals surface area (Å²) in [6.45, 7) is 8.59. The van der Waals surface area contributed by atoms with Crippen molar-refractivity contribution in [2.24, 2.45) is 0 Å². The molecule has 88 valence electrons. The van der Waals surface area contributed by atoms with Gasteiger partial charge in [0.25, 0.3) is 0 Å². The average Bonchev–Trinajstić information content (AvgIpc) is 2.87. The molecule has 1 aromatic rings. The lowest BCUT2D eigenvalue weighted by atomic mass is 9.93. The molecule has 2 heteroatoms. The van der Waals surface area contributed by atoms with Crippen molar-refractivity contribution in [2.75, 3.05) is 0 Å². The number of hydrogen-bond donors (Lipinski definition) is 0. The van der Waals surface area contributed by atoms with Gasteiger partial charge in [0.2, 0.25) is 0 Å². The summed E-state index contributed by atoms with van der Waals surface area (Å²) in [5, 5.41) is 0.893. The van der Waals surface area contributed by atoms with Crippen LogP contribution in [-0.2, 0) is 4.74 Å². The molecule has 1 aromatic carbocycles. The molecule has 16 heavy (non-hydrogen) atoms. The van der Waals surface area contributed by atoms with Gasteiger partial charge in [-0.25, -0.2) is 0 Å². The van der Waals surface area contributed by atoms with Crippen LogP contribution in [-0.4, -0.2) is 12.2 Å². The van der Waals surface area contributed by atoms with Crippen LogP contribution in [0.4, 0.5) is 0 Å². The van der Waals surface area contributed by atoms with Gasteiger partial charge in [0.15, 0.2) is 0 Å². The van der Waals surface area contributed by atoms with Gasteiger partial charge in [-0.2, -0.15) is 0 Å². The zero-order chi connectivity index (χ0) is 11.9. The van der Waals surface area contributed by atoms with Crippen LogP contribution in [0.25, 0.3) is 0 Å². The quantitative estimate of drug-likeness (QED) is 0.718. The lowest BCUT2D eigenvalue weighted by Crippen LogP contribution is -2.02. The van der Waals surface area contributed by atoms with E-state index < -0.39 is 0 Å². The van der Waals surface area contributed by atoms with Gasteiger partial charge in [0.1, 0.15) is 0 Å². The first kappa shape index (κ1) is 11.9. The summed E-state index contributed by atoms with van der Waals surface area (Å²) in [7, 11) is 0. The molecule has 3 atom stereocenters. The van der Waals surface area contributed by atoms with Gasteiger partial charge in [-0.15, -0.1) is 0 Å². The van der Waals surface area contributed by atoms with Crippen molar-refractivity contribution in [2.45, 2.75) is 52.2 Å². The Balaban J connectivity index is 2.15. The zero-order valence-electron chi connectivity index (χ0n) is 10.4. The van der Waals surface area contributed by atoms with Crippen molar-refractivity contribution in [1.82, 2.24) is 0 Å². The van der Waals surface area contributed by atoms with Crippen LogP contribution in [0.15, 0.2) is 12.1 Å². The standard InChI is InChI=1S/C14H19ClO/c1-8-5-12(13(15)6-9(8)2)10(3)7-14-11(4)16-14/h5-6,10-11,14H,7H2,1-4H3. The Morgan fingerprint density at radius 1 is 1.31 bits per heavy atom. The summed E-state index contributed by atoms with van der Waals surface area (Å²) in [5.41, 5.74) is 3.83. The van der Waals surface area contributed by atoms with Crippen molar-refractivity contribution >= 4 is 11.6 Å². The van der Waals surface area contributed by atoms with Gasteiger partial charge >= 0.3 is 0 Å². The highest BCUT2D eigenvalue weighted by Gasteiger charge is 2.35. The fraction of sp³-hybridized carbons (Fsp3) is 0.571. The van der Waals surface area contributed by atoms with Gasteiger partial charge in [-0.1, -0.05) is 24.6 Å². The second-order valence-corrected chi connectivity index (χ2v) is 5.38. The van der Waals surface area contributed by atoms with Crippen LogP contribution in [0, 0.1) is 13.8 Å². The summed E-state index contributed by atoms with van der Waals surface area (Å²) in [4.78, 5) is 0. The maximum Gasteiger partial charge on any atom is 0.0844 e. The minimum absolute atomic E-state index is 0.438. The van der Waals surface area contributed by atoms with Crippen molar-refractivity contribution in [3.8, 4) is 0 Å². The molecular formula is C14H19ClO. The highest BCUT2D eigenvalue weighted by atomic mass is 35.5. The minimum atomic E-state index is 0.438. The number of halogens is 1. The van der Waals surface area contributed by atoms with E-state index in [4.69, 9.17) is 16.3 Å². The molecule has 1 nitrogen and oxygen atoms in total. The Kier molecular flexibility index (Phi) is 3.27. The maximum absolute atomic E-state index is 6.30. The first-order valence-corrected chi connectivity index (χ1v) is 6.29. The summed E-state index contributed by atoms with van der Waals surface area (Å²) >= 11 is 6.30. The van der Waals surface area contributed by atoms with E-state index >= 15 is 0 Å². The monoisotopic (exact) mass is 238 g/mol. The van der Waals surface area contributed by atoms with E-state index in [9.17, 15) is 0 Å². The molecule has 1 heterocycles. The molecule has 0 spiro atoms. The second kappa shape index (κ2) is 4.38. The zero-order valence-corrected chi connectivity index (χ0v) is 11.1. The normalized spacial score (nSPS) is 25.6. The smallest absolute Gasteiger partial charge is 0.0844 e. The molecule has 0 aliphatic carbocycles. The first-order valence-electron chi connectivity index (χ1n) is 5.91. The van der Waals surface area contributed by atoms with E-state index in [2.05, 4.69) is 39.8 Å². The summed E-state index contributed by atoms with van der Waals surface area (Å²) in [5.74, 6) is 0.474. The molecule has 1 aliphatic heterocycles. The van der Waals surface area contributed by atoms with Crippen LogP contribution in [0.3, 0.4) is 0 Å². The molecule has 0 aromatic heterocycles. The van der Waals surface area contributed by atoms with E-state index in [0.717, 1.165) is 11.4 Å².